The molecule has 1 heterocycles. The quantitative estimate of drug-likeness (QED) is 0.767. The molecule has 0 aliphatic rings. The molecule has 1 aromatic heterocycles. The number of para-hydroxylation sites is 2. The van der Waals surface area contributed by atoms with Gasteiger partial charge >= 0.3 is 0 Å². The van der Waals surface area contributed by atoms with Gasteiger partial charge in [0.1, 0.15) is 0 Å². The molecule has 0 saturated carbocycles. The van der Waals surface area contributed by atoms with E-state index in [-0.39, 0.29) is 12.5 Å². The molecule has 0 atom stereocenters. The highest BCUT2D eigenvalue weighted by molar-refractivity contribution is 6.33. The van der Waals surface area contributed by atoms with E-state index >= 15 is 0 Å². The van der Waals surface area contributed by atoms with Crippen molar-refractivity contribution in [3.63, 3.8) is 0 Å². The smallest absolute Gasteiger partial charge is 0.243 e. The Morgan fingerprint density at radius 2 is 1.77 bits per heavy atom. The van der Waals surface area contributed by atoms with E-state index in [0.717, 1.165) is 16.6 Å². The van der Waals surface area contributed by atoms with Gasteiger partial charge in [-0.3, -0.25) is 9.78 Å². The van der Waals surface area contributed by atoms with Crippen molar-refractivity contribution >= 4 is 39.8 Å². The molecular formula is C17H14ClN3O. The molecule has 0 aliphatic heterocycles. The number of hydrogen-bond donors (Lipinski definition) is 2. The number of aromatic nitrogens is 1. The van der Waals surface area contributed by atoms with Crippen LogP contribution in [0.5, 0.6) is 0 Å². The van der Waals surface area contributed by atoms with Gasteiger partial charge in [-0.05, 0) is 24.3 Å². The van der Waals surface area contributed by atoms with Crippen molar-refractivity contribution in [1.82, 2.24) is 4.98 Å². The topological polar surface area (TPSA) is 54.0 Å². The second-order valence-electron chi connectivity index (χ2n) is 4.76. The van der Waals surface area contributed by atoms with Crippen LogP contribution >= 0.6 is 11.6 Å². The molecule has 4 nitrogen and oxygen atoms in total. The van der Waals surface area contributed by atoms with Crippen molar-refractivity contribution in [2.75, 3.05) is 17.2 Å². The van der Waals surface area contributed by atoms with E-state index < -0.39 is 0 Å². The van der Waals surface area contributed by atoms with Gasteiger partial charge in [-0.2, -0.15) is 0 Å². The number of nitrogens with zero attached hydrogens (tertiary/aromatic N) is 1. The Kier molecular flexibility index (Phi) is 4.21. The van der Waals surface area contributed by atoms with Crippen LogP contribution in [0.4, 0.5) is 11.4 Å². The van der Waals surface area contributed by atoms with Gasteiger partial charge in [0.05, 0.1) is 28.5 Å². The third-order valence-electron chi connectivity index (χ3n) is 3.22. The summed E-state index contributed by atoms with van der Waals surface area (Å²) >= 11 is 6.04. The Bertz CT molecular complexity index is 814. The first kappa shape index (κ1) is 14.4. The van der Waals surface area contributed by atoms with E-state index in [9.17, 15) is 4.79 Å². The second-order valence-corrected chi connectivity index (χ2v) is 5.17. The normalized spacial score (nSPS) is 10.4. The Labute approximate surface area is 133 Å². The van der Waals surface area contributed by atoms with Gasteiger partial charge in [-0.15, -0.1) is 0 Å². The standard InChI is InChI=1S/C17H14ClN3O/c18-13-7-1-2-8-14(13)20-11-16(22)21-15-9-3-5-12-6-4-10-19-17(12)15/h1-10,20H,11H2,(H,21,22). The third-order valence-corrected chi connectivity index (χ3v) is 3.55. The van der Waals surface area contributed by atoms with Gasteiger partial charge in [0.15, 0.2) is 0 Å². The monoisotopic (exact) mass is 311 g/mol. The Hall–Kier alpha value is -2.59. The summed E-state index contributed by atoms with van der Waals surface area (Å²) in [5, 5.41) is 7.46. The molecule has 0 bridgehead atoms. The molecule has 0 spiro atoms. The minimum atomic E-state index is -0.155. The summed E-state index contributed by atoms with van der Waals surface area (Å²) in [5.41, 5.74) is 2.20. The molecule has 110 valence electrons. The van der Waals surface area contributed by atoms with Gasteiger partial charge < -0.3 is 10.6 Å². The lowest BCUT2D eigenvalue weighted by Gasteiger charge is -2.10. The minimum Gasteiger partial charge on any atom is -0.375 e. The zero-order valence-electron chi connectivity index (χ0n) is 11.7. The fourth-order valence-corrected chi connectivity index (χ4v) is 2.38. The van der Waals surface area contributed by atoms with Crippen molar-refractivity contribution in [1.29, 1.82) is 0 Å². The molecule has 1 amide bonds. The van der Waals surface area contributed by atoms with Crippen LogP contribution in [0.3, 0.4) is 0 Å². The number of halogens is 1. The van der Waals surface area contributed by atoms with Crippen molar-refractivity contribution in [2.24, 2.45) is 0 Å². The summed E-state index contributed by atoms with van der Waals surface area (Å²) in [7, 11) is 0. The van der Waals surface area contributed by atoms with Crippen molar-refractivity contribution < 1.29 is 4.79 Å². The van der Waals surface area contributed by atoms with Gasteiger partial charge in [0, 0.05) is 11.6 Å². The molecule has 5 heteroatoms. The van der Waals surface area contributed by atoms with Crippen molar-refractivity contribution in [3.8, 4) is 0 Å². The number of rotatable bonds is 4. The Balaban J connectivity index is 1.70. The molecule has 2 aromatic carbocycles. The van der Waals surface area contributed by atoms with Gasteiger partial charge in [0.25, 0.3) is 0 Å². The highest BCUT2D eigenvalue weighted by atomic mass is 35.5. The molecule has 0 fully saturated rings. The number of amides is 1. The number of fused-ring (bicyclic) bond motifs is 1. The fraction of sp³-hybridized carbons (Fsp3) is 0.0588. The minimum absolute atomic E-state index is 0.132. The van der Waals surface area contributed by atoms with Gasteiger partial charge in [0.2, 0.25) is 5.91 Å². The molecule has 0 saturated heterocycles. The molecule has 22 heavy (non-hydrogen) atoms. The average molecular weight is 312 g/mol. The molecule has 0 unspecified atom stereocenters. The number of carbonyl (C=O) groups is 1. The number of benzene rings is 2. The predicted octanol–water partition coefficient (Wildman–Crippen LogP) is 3.94. The van der Waals surface area contributed by atoms with E-state index in [2.05, 4.69) is 15.6 Å². The number of nitrogens with one attached hydrogen (secondary N) is 2. The van der Waals surface area contributed by atoms with E-state index in [1.807, 2.05) is 48.5 Å². The molecule has 3 rings (SSSR count). The Morgan fingerprint density at radius 1 is 1.00 bits per heavy atom. The number of hydrogen-bond acceptors (Lipinski definition) is 3. The summed E-state index contributed by atoms with van der Waals surface area (Å²) in [6.07, 6.45) is 1.71. The molecule has 0 radical (unpaired) electrons. The van der Waals surface area contributed by atoms with E-state index in [4.69, 9.17) is 11.6 Å². The highest BCUT2D eigenvalue weighted by Crippen LogP contribution is 2.21. The van der Waals surface area contributed by atoms with Crippen molar-refractivity contribution in [3.05, 3.63) is 65.8 Å². The number of pyridine rings is 1. The lowest BCUT2D eigenvalue weighted by atomic mass is 10.2. The van der Waals surface area contributed by atoms with Crippen LogP contribution in [0.2, 0.25) is 5.02 Å². The summed E-state index contributed by atoms with van der Waals surface area (Å²) in [6.45, 7) is 0.132. The first-order valence-electron chi connectivity index (χ1n) is 6.86. The van der Waals surface area contributed by atoms with Gasteiger partial charge in [-0.1, -0.05) is 41.9 Å². The highest BCUT2D eigenvalue weighted by Gasteiger charge is 2.07. The predicted molar refractivity (Wildman–Crippen MR) is 90.3 cm³/mol. The van der Waals surface area contributed by atoms with Crippen LogP contribution in [0.25, 0.3) is 10.9 Å². The third kappa shape index (κ3) is 3.18. The summed E-state index contributed by atoms with van der Waals surface area (Å²) in [6, 6.07) is 16.8. The molecular weight excluding hydrogens is 298 g/mol. The SMILES string of the molecule is O=C(CNc1ccccc1Cl)Nc1cccc2cccnc12. The van der Waals surface area contributed by atoms with Crippen LogP contribution in [0, 0.1) is 0 Å². The second kappa shape index (κ2) is 6.45. The first-order valence-corrected chi connectivity index (χ1v) is 7.24. The van der Waals surface area contributed by atoms with Gasteiger partial charge in [-0.25, -0.2) is 0 Å². The zero-order chi connectivity index (χ0) is 15.4. The lowest BCUT2D eigenvalue weighted by Crippen LogP contribution is -2.22. The molecule has 2 N–H and O–H groups in total. The lowest BCUT2D eigenvalue weighted by molar-refractivity contribution is -0.114. The molecule has 0 aliphatic carbocycles. The zero-order valence-corrected chi connectivity index (χ0v) is 12.5. The molecule has 3 aromatic rings. The maximum absolute atomic E-state index is 12.1. The van der Waals surface area contributed by atoms with Crippen LogP contribution in [-0.4, -0.2) is 17.4 Å². The van der Waals surface area contributed by atoms with Crippen LogP contribution in [0.15, 0.2) is 60.8 Å². The Morgan fingerprint density at radius 3 is 2.64 bits per heavy atom. The maximum Gasteiger partial charge on any atom is 0.243 e. The van der Waals surface area contributed by atoms with Crippen LogP contribution in [0.1, 0.15) is 0 Å². The average Bonchev–Trinajstić information content (AvgIpc) is 2.54. The summed E-state index contributed by atoms with van der Waals surface area (Å²) < 4.78 is 0. The number of carbonyl (C=O) groups excluding carboxylic acids is 1. The number of anilines is 2. The van der Waals surface area contributed by atoms with Crippen LogP contribution < -0.4 is 10.6 Å². The van der Waals surface area contributed by atoms with E-state index in [0.29, 0.717) is 10.7 Å². The van der Waals surface area contributed by atoms with E-state index in [1.165, 1.54) is 0 Å². The summed E-state index contributed by atoms with van der Waals surface area (Å²) in [4.78, 5) is 16.4. The summed E-state index contributed by atoms with van der Waals surface area (Å²) in [5.74, 6) is -0.155. The van der Waals surface area contributed by atoms with Crippen molar-refractivity contribution in [2.45, 2.75) is 0 Å². The fourth-order valence-electron chi connectivity index (χ4n) is 2.18. The van der Waals surface area contributed by atoms with Crippen LogP contribution in [-0.2, 0) is 4.79 Å². The maximum atomic E-state index is 12.1. The van der Waals surface area contributed by atoms with E-state index in [1.54, 1.807) is 12.3 Å². The largest absolute Gasteiger partial charge is 0.375 e. The first-order chi connectivity index (χ1) is 10.7.